The Hall–Kier alpha value is -9.87. The zero-order valence-electron chi connectivity index (χ0n) is 84.9. The van der Waals surface area contributed by atoms with E-state index >= 15 is 0 Å². The second kappa shape index (κ2) is 47.1. The number of benzene rings is 5. The first kappa shape index (κ1) is 115. The number of ketones is 4. The van der Waals surface area contributed by atoms with E-state index in [1.54, 1.807) is 34.0 Å². The number of pyridine rings is 4. The molecule has 0 aliphatic rings. The van der Waals surface area contributed by atoms with E-state index in [1.165, 1.54) is 17.7 Å². The summed E-state index contributed by atoms with van der Waals surface area (Å²) in [4.78, 5) is 83.0. The van der Waals surface area contributed by atoms with E-state index in [9.17, 15) is 19.2 Å². The van der Waals surface area contributed by atoms with E-state index in [4.69, 9.17) is 103 Å². The zero-order chi connectivity index (χ0) is 98.7. The molecule has 0 amide bonds. The molecule has 5 aromatic carbocycles. The molecule has 0 spiro atoms. The van der Waals surface area contributed by atoms with E-state index in [0.717, 1.165) is 198 Å². The third-order valence-electron chi connectivity index (χ3n) is 24.0. The molecule has 0 unspecified atom stereocenters. The topological polar surface area (TPSA) is 211 Å². The lowest BCUT2D eigenvalue weighted by molar-refractivity contribution is -0.139. The third kappa shape index (κ3) is 25.9. The zero-order valence-corrected chi connectivity index (χ0v) is 91.9. The Morgan fingerprint density at radius 2 is 0.674 bits per heavy atom. The van der Waals surface area contributed by atoms with Crippen LogP contribution in [-0.4, -0.2) is 95.3 Å². The molecule has 9 aromatic heterocycles. The van der Waals surface area contributed by atoms with Crippen LogP contribution in [-0.2, 0) is 64.3 Å². The predicted octanol–water partition coefficient (Wildman–Crippen LogP) is 29.3. The first-order valence-electron chi connectivity index (χ1n) is 45.2. The van der Waals surface area contributed by atoms with Crippen LogP contribution in [0.1, 0.15) is 250 Å². The summed E-state index contributed by atoms with van der Waals surface area (Å²) in [5, 5.41) is 6.70. The van der Waals surface area contributed by atoms with Crippen LogP contribution < -0.4 is 0 Å². The number of carbonyl (C=O) groups is 4. The SMILES string of the molecule is CC(=O)[C@@H](OC(C)(C)C)c1c(C)nc2c(c(C)c(C)n2Cc2cocn2)c1-c1ccc(Cl)cc1.CCn1c(C)c(C)c2c(-c3ccc(Cl)cc3)c([C@H](OC(C)(C)C)C(C)=O)c(C)nc21.S.S.S.S.[C-]#[N+]CCCn1c(C)c(C)c2c(-c3ccc(Cl)cc3)c([C@H](OC(C)(C)C)C(C)=O)c(C)nc21.[C-]#[N+]c1cccc(Cn2c(C)c(C)c3c(-c4ccc(Cl)cc4)c([C@H](OC(C)(C)C)C(C)=O)c(C)nc32)c1. The Kier molecular flexibility index (Phi) is 39.3. The van der Waals surface area contributed by atoms with Crippen molar-refractivity contribution < 1.29 is 42.5 Å². The lowest BCUT2D eigenvalue weighted by Gasteiger charge is -2.29. The summed E-state index contributed by atoms with van der Waals surface area (Å²) in [5.74, 6) is -0.228. The summed E-state index contributed by atoms with van der Waals surface area (Å²) < 4.78 is 39.2. The molecular weight excluding hydrogens is 1890 g/mol. The summed E-state index contributed by atoms with van der Waals surface area (Å²) in [6, 6.07) is 38.5. The molecular formula is C110H133Cl4N11O9S4. The number of aryl methyl sites for hydroxylation is 10. The van der Waals surface area contributed by atoms with Crippen molar-refractivity contribution in [1.82, 2.24) is 43.2 Å². The number of halogens is 4. The molecule has 138 heavy (non-hydrogen) atoms. The van der Waals surface area contributed by atoms with Crippen molar-refractivity contribution in [2.24, 2.45) is 0 Å². The van der Waals surface area contributed by atoms with Gasteiger partial charge in [0.05, 0.1) is 41.2 Å². The summed E-state index contributed by atoms with van der Waals surface area (Å²) in [5.41, 5.74) is 26.9. The quantitative estimate of drug-likeness (QED) is 0.0407. The lowest BCUT2D eigenvalue weighted by atomic mass is 9.90. The molecule has 14 aromatic rings. The fourth-order valence-corrected chi connectivity index (χ4v) is 18.2. The molecule has 9 heterocycles. The van der Waals surface area contributed by atoms with E-state index in [-0.39, 0.29) is 77.1 Å². The number of oxazole rings is 1. The minimum Gasteiger partial charge on any atom is -0.451 e. The maximum atomic E-state index is 13.0. The van der Waals surface area contributed by atoms with Crippen LogP contribution in [0.15, 0.2) is 138 Å². The van der Waals surface area contributed by atoms with Crippen LogP contribution in [0, 0.1) is 96.2 Å². The summed E-state index contributed by atoms with van der Waals surface area (Å²) in [6.07, 6.45) is 0.887. The molecule has 4 atom stereocenters. The predicted molar refractivity (Wildman–Crippen MR) is 585 cm³/mol. The van der Waals surface area contributed by atoms with Crippen LogP contribution in [0.2, 0.25) is 20.1 Å². The highest BCUT2D eigenvalue weighted by atomic mass is 35.5. The molecule has 28 heteroatoms. The van der Waals surface area contributed by atoms with Gasteiger partial charge < -0.3 is 46.5 Å². The van der Waals surface area contributed by atoms with Gasteiger partial charge in [-0.3, -0.25) is 19.2 Å². The van der Waals surface area contributed by atoms with E-state index in [1.807, 2.05) is 232 Å². The standard InChI is InChI=1S/C31H32ClN3O2.C27H30ClN3O3.C27H32ClN3O2.C25H31ClN2O2.4H2S/c1-18-20(3)35(17-22-10-9-11-25(16-22)33-8)30-26(18)28(23-12-14-24(32)15-13-23)27(19(2)34-30)29(21(4)36)37-31(5,6)7;1-15-17(3)31(12-21-13-33-14-29-21)26-22(15)24(19-8-10-20(28)11-9-19)23(16(2)30-26)25(18(4)32)34-27(5,6)7;1-16-18(3)31(15-9-14-29-8)26-22(16)24(20-10-12-21(28)13-11-20)23(17(2)30-26)25(19(4)32)33-27(5,6)7;1-9-28-16(4)14(2)20-22(18-10-12-19(26)13-11-18)21(15(3)27-24(20)28)23(17(5)29)30-25(6,7)8;;;;/h9-16,29H,17H2,1-7H3;8-11,13-14,25H,12H2,1-7H3;10-13,25H,9,14-15H2,1-7H3;10-13,23H,9H2,1-8H3;4*1H2/t29-;2*25-;23-;;;;/m1111..../s1. The Morgan fingerprint density at radius 1 is 0.399 bits per heavy atom. The van der Waals surface area contributed by atoms with Crippen LogP contribution in [0.5, 0.6) is 0 Å². The van der Waals surface area contributed by atoms with Crippen molar-refractivity contribution in [1.29, 1.82) is 0 Å². The van der Waals surface area contributed by atoms with E-state index < -0.39 is 46.8 Å². The summed E-state index contributed by atoms with van der Waals surface area (Å²) in [7, 11) is 0. The van der Waals surface area contributed by atoms with Gasteiger partial charge in [-0.25, -0.2) is 36.3 Å². The smallest absolute Gasteiger partial charge is 0.216 e. The number of rotatable bonds is 24. The Labute approximate surface area is 861 Å². The number of nitrogens with zero attached hydrogens (tertiary/aromatic N) is 11. The van der Waals surface area contributed by atoms with Gasteiger partial charge in [-0.05, 0) is 299 Å². The molecule has 0 radical (unpaired) electrons. The van der Waals surface area contributed by atoms with Crippen molar-refractivity contribution in [3.05, 3.63) is 278 Å². The fraction of sp³-hybridized carbons (Fsp3) is 0.391. The fourth-order valence-electron chi connectivity index (χ4n) is 17.7. The molecule has 0 N–H and O–H groups in total. The van der Waals surface area contributed by atoms with Gasteiger partial charge in [-0.1, -0.05) is 119 Å². The van der Waals surface area contributed by atoms with Crippen molar-refractivity contribution in [3.63, 3.8) is 0 Å². The summed E-state index contributed by atoms with van der Waals surface area (Å²) in [6.45, 7) is 74.1. The summed E-state index contributed by atoms with van der Waals surface area (Å²) >= 11 is 24.8. The normalized spacial score (nSPS) is 12.4. The highest BCUT2D eigenvalue weighted by Crippen LogP contribution is 2.49. The molecule has 0 saturated carbocycles. The molecule has 0 bridgehead atoms. The van der Waals surface area contributed by atoms with Gasteiger partial charge in [-0.15, -0.1) is 0 Å². The van der Waals surface area contributed by atoms with Crippen molar-refractivity contribution in [2.75, 3.05) is 6.54 Å². The highest BCUT2D eigenvalue weighted by molar-refractivity contribution is 7.59. The molecule has 734 valence electrons. The number of carbonyl (C=O) groups excluding carboxylic acids is 4. The average molecular weight is 2020 g/mol. The lowest BCUT2D eigenvalue weighted by Crippen LogP contribution is -2.27. The number of hydrogen-bond donors (Lipinski definition) is 0. The Bertz CT molecular complexity index is 6880. The molecule has 0 saturated heterocycles. The van der Waals surface area contributed by atoms with Gasteiger partial charge in [0.25, 0.3) is 0 Å². The first-order valence-corrected chi connectivity index (χ1v) is 46.7. The number of hydrogen-bond acceptors (Lipinski definition) is 14. The van der Waals surface area contributed by atoms with Crippen LogP contribution in [0.3, 0.4) is 0 Å². The maximum Gasteiger partial charge on any atom is 0.216 e. The van der Waals surface area contributed by atoms with Crippen LogP contribution in [0.25, 0.3) is 98.3 Å². The van der Waals surface area contributed by atoms with Gasteiger partial charge in [0.15, 0.2) is 35.2 Å². The van der Waals surface area contributed by atoms with Crippen molar-refractivity contribution >= 4 is 173 Å². The third-order valence-corrected chi connectivity index (χ3v) is 25.0. The Morgan fingerprint density at radius 3 is 0.935 bits per heavy atom. The van der Waals surface area contributed by atoms with Crippen molar-refractivity contribution in [3.8, 4) is 44.5 Å². The number of aromatic nitrogens is 9. The molecule has 20 nitrogen and oxygen atoms in total. The van der Waals surface area contributed by atoms with Gasteiger partial charge >= 0.3 is 0 Å². The van der Waals surface area contributed by atoms with E-state index in [2.05, 4.69) is 95.3 Å². The molecule has 0 fully saturated rings. The molecule has 14 rings (SSSR count). The van der Waals surface area contributed by atoms with Gasteiger partial charge in [-0.2, -0.15) is 54.0 Å². The second-order valence-corrected chi connectivity index (χ2v) is 40.3. The van der Waals surface area contributed by atoms with Crippen molar-refractivity contribution in [2.45, 2.75) is 280 Å². The molecule has 0 aliphatic heterocycles. The van der Waals surface area contributed by atoms with Gasteiger partial charge in [0.2, 0.25) is 6.54 Å². The minimum absolute atomic E-state index is 0. The van der Waals surface area contributed by atoms with Crippen LogP contribution in [0.4, 0.5) is 5.69 Å². The Balaban J connectivity index is 0.000000249. The number of fused-ring (bicyclic) bond motifs is 4. The van der Waals surface area contributed by atoms with Gasteiger partial charge in [0.1, 0.15) is 53.3 Å². The number of ether oxygens (including phenoxy) is 4. The number of Topliss-reactive ketones (excluding diaryl/α,β-unsaturated/α-hetero) is 4. The maximum absolute atomic E-state index is 13.0. The second-order valence-electron chi connectivity index (χ2n) is 38.6. The largest absolute Gasteiger partial charge is 0.451 e. The van der Waals surface area contributed by atoms with E-state index in [0.29, 0.717) is 45.4 Å². The molecule has 0 aliphatic carbocycles. The first-order chi connectivity index (χ1) is 62.8. The highest BCUT2D eigenvalue weighted by Gasteiger charge is 2.38. The van der Waals surface area contributed by atoms with Gasteiger partial charge in [0, 0.05) is 158 Å². The average Bonchev–Trinajstić information content (AvgIpc) is 1.57. The monoisotopic (exact) mass is 2020 g/mol. The van der Waals surface area contributed by atoms with Crippen LogP contribution >= 0.6 is 100 Å². The minimum atomic E-state index is -0.763.